The maximum Gasteiger partial charge on any atom is 0.272 e. The van der Waals surface area contributed by atoms with E-state index in [1.807, 2.05) is 0 Å². The van der Waals surface area contributed by atoms with E-state index in [9.17, 15) is 13.6 Å². The van der Waals surface area contributed by atoms with Gasteiger partial charge in [-0.25, -0.2) is 13.8 Å². The lowest BCUT2D eigenvalue weighted by atomic mass is 10.1. The van der Waals surface area contributed by atoms with Crippen molar-refractivity contribution in [3.63, 3.8) is 0 Å². The molecular formula is C24H20F2N4O2. The van der Waals surface area contributed by atoms with Crippen LogP contribution in [0, 0.1) is 11.6 Å². The zero-order valence-electron chi connectivity index (χ0n) is 17.1. The molecule has 0 radical (unpaired) electrons. The third-order valence-corrected chi connectivity index (χ3v) is 5.61. The summed E-state index contributed by atoms with van der Waals surface area (Å²) in [4.78, 5) is 19.3. The van der Waals surface area contributed by atoms with Crippen molar-refractivity contribution in [1.29, 1.82) is 0 Å². The highest BCUT2D eigenvalue weighted by molar-refractivity contribution is 5.93. The zero-order chi connectivity index (χ0) is 22.1. The van der Waals surface area contributed by atoms with Gasteiger partial charge in [-0.15, -0.1) is 0 Å². The number of amides is 1. The van der Waals surface area contributed by atoms with E-state index in [1.165, 1.54) is 24.3 Å². The van der Waals surface area contributed by atoms with Crippen LogP contribution in [-0.2, 0) is 6.42 Å². The highest BCUT2D eigenvalue weighted by atomic mass is 19.1. The predicted molar refractivity (Wildman–Crippen MR) is 113 cm³/mol. The minimum atomic E-state index is -0.328. The van der Waals surface area contributed by atoms with Crippen molar-refractivity contribution in [2.24, 2.45) is 0 Å². The molecule has 4 aromatic rings. The minimum absolute atomic E-state index is 0.188. The summed E-state index contributed by atoms with van der Waals surface area (Å²) in [5.74, 6) is 0.350. The van der Waals surface area contributed by atoms with E-state index >= 15 is 0 Å². The zero-order valence-corrected chi connectivity index (χ0v) is 17.1. The van der Waals surface area contributed by atoms with Crippen molar-refractivity contribution >= 4 is 5.91 Å². The van der Waals surface area contributed by atoms with Crippen LogP contribution >= 0.6 is 0 Å². The van der Waals surface area contributed by atoms with Crippen molar-refractivity contribution in [1.82, 2.24) is 20.1 Å². The number of carbonyl (C=O) groups is 1. The monoisotopic (exact) mass is 434 g/mol. The van der Waals surface area contributed by atoms with Gasteiger partial charge < -0.3 is 9.32 Å². The Hall–Kier alpha value is -3.81. The maximum absolute atomic E-state index is 13.2. The second kappa shape index (κ2) is 8.37. The number of nitrogens with one attached hydrogen (secondary N) is 1. The predicted octanol–water partition coefficient (Wildman–Crippen LogP) is 4.91. The number of H-pyrrole nitrogens is 1. The molecule has 0 saturated carbocycles. The smallest absolute Gasteiger partial charge is 0.272 e. The Balaban J connectivity index is 1.31. The number of hydrogen-bond acceptors (Lipinski definition) is 4. The van der Waals surface area contributed by atoms with Gasteiger partial charge in [-0.2, -0.15) is 5.10 Å². The summed E-state index contributed by atoms with van der Waals surface area (Å²) in [7, 11) is 0. The highest BCUT2D eigenvalue weighted by Gasteiger charge is 2.34. The SMILES string of the molecule is O=C(c1cc(-c2ccc(F)cc2)n[nH]1)N1CCC[C@@H]1c1ncc(Cc2ccc(F)cc2)o1. The lowest BCUT2D eigenvalue weighted by molar-refractivity contribution is 0.0708. The Bertz CT molecular complexity index is 1230. The van der Waals surface area contributed by atoms with E-state index in [-0.39, 0.29) is 23.6 Å². The first-order chi connectivity index (χ1) is 15.6. The molecule has 1 aliphatic rings. The number of hydrogen-bond donors (Lipinski definition) is 1. The van der Waals surface area contributed by atoms with Crippen LogP contribution in [0.5, 0.6) is 0 Å². The van der Waals surface area contributed by atoms with Gasteiger partial charge >= 0.3 is 0 Å². The van der Waals surface area contributed by atoms with Crippen LogP contribution in [-0.4, -0.2) is 32.5 Å². The quantitative estimate of drug-likeness (QED) is 0.484. The van der Waals surface area contributed by atoms with Crippen LogP contribution in [0.2, 0.25) is 0 Å². The molecule has 0 aliphatic carbocycles. The Morgan fingerprint density at radius 3 is 2.56 bits per heavy atom. The summed E-state index contributed by atoms with van der Waals surface area (Å²) in [5.41, 5.74) is 2.56. The van der Waals surface area contributed by atoms with Crippen LogP contribution < -0.4 is 0 Å². The van der Waals surface area contributed by atoms with Crippen LogP contribution in [0.3, 0.4) is 0 Å². The molecule has 2 aromatic carbocycles. The minimum Gasteiger partial charge on any atom is -0.443 e. The lowest BCUT2D eigenvalue weighted by Gasteiger charge is -2.21. The average Bonchev–Trinajstić information content (AvgIpc) is 3.56. The number of rotatable bonds is 5. The molecule has 1 amide bonds. The van der Waals surface area contributed by atoms with Crippen molar-refractivity contribution < 1.29 is 18.0 Å². The van der Waals surface area contributed by atoms with E-state index in [0.29, 0.717) is 36.0 Å². The number of carbonyl (C=O) groups excluding carboxylic acids is 1. The second-order valence-electron chi connectivity index (χ2n) is 7.80. The summed E-state index contributed by atoms with van der Waals surface area (Å²) in [5, 5.41) is 7.00. The Kier molecular flexibility index (Phi) is 5.26. The Labute approximate surface area is 182 Å². The number of oxazole rings is 1. The molecule has 1 atom stereocenters. The number of halogens is 2. The third kappa shape index (κ3) is 4.03. The van der Waals surface area contributed by atoms with Gasteiger partial charge in [0.05, 0.1) is 11.9 Å². The topological polar surface area (TPSA) is 75.0 Å². The molecule has 1 aliphatic heterocycles. The van der Waals surface area contributed by atoms with Gasteiger partial charge in [0.15, 0.2) is 0 Å². The van der Waals surface area contributed by atoms with E-state index in [2.05, 4.69) is 15.2 Å². The molecule has 1 fully saturated rings. The van der Waals surface area contributed by atoms with Gasteiger partial charge in [0.25, 0.3) is 5.91 Å². The first-order valence-corrected chi connectivity index (χ1v) is 10.4. The van der Waals surface area contributed by atoms with Gasteiger partial charge in [0.2, 0.25) is 5.89 Å². The van der Waals surface area contributed by atoms with Crippen molar-refractivity contribution in [2.45, 2.75) is 25.3 Å². The van der Waals surface area contributed by atoms with E-state index in [0.717, 1.165) is 24.0 Å². The molecule has 0 unspecified atom stereocenters. The number of benzene rings is 2. The first-order valence-electron chi connectivity index (χ1n) is 10.4. The average molecular weight is 434 g/mol. The molecule has 0 bridgehead atoms. The summed E-state index contributed by atoms with van der Waals surface area (Å²) < 4.78 is 32.2. The molecule has 3 heterocycles. The summed E-state index contributed by atoms with van der Waals surface area (Å²) >= 11 is 0. The molecule has 0 spiro atoms. The molecule has 6 nitrogen and oxygen atoms in total. The van der Waals surface area contributed by atoms with E-state index in [1.54, 1.807) is 41.4 Å². The summed E-state index contributed by atoms with van der Waals surface area (Å²) in [6, 6.07) is 13.6. The number of aromatic nitrogens is 3. The molecule has 2 aromatic heterocycles. The van der Waals surface area contributed by atoms with Crippen molar-refractivity contribution in [2.75, 3.05) is 6.54 Å². The van der Waals surface area contributed by atoms with E-state index in [4.69, 9.17) is 4.42 Å². The molecule has 32 heavy (non-hydrogen) atoms. The fourth-order valence-electron chi connectivity index (χ4n) is 3.98. The van der Waals surface area contributed by atoms with Crippen LogP contribution in [0.25, 0.3) is 11.3 Å². The van der Waals surface area contributed by atoms with Gasteiger partial charge in [-0.05, 0) is 60.9 Å². The standard InChI is InChI=1S/C24H20F2N4O2/c25-17-7-3-15(4-8-17)12-19-14-27-23(32-19)22-2-1-11-30(22)24(31)21-13-20(28-29-21)16-5-9-18(26)10-6-16/h3-10,13-14,22H,1-2,11-12H2,(H,28,29)/t22-/m1/s1. The Morgan fingerprint density at radius 1 is 1.09 bits per heavy atom. The normalized spacial score (nSPS) is 15.9. The highest BCUT2D eigenvalue weighted by Crippen LogP contribution is 2.33. The van der Waals surface area contributed by atoms with Gasteiger partial charge in [-0.1, -0.05) is 12.1 Å². The van der Waals surface area contributed by atoms with E-state index < -0.39 is 0 Å². The molecule has 162 valence electrons. The van der Waals surface area contributed by atoms with Gasteiger partial charge in [0, 0.05) is 18.5 Å². The van der Waals surface area contributed by atoms with Crippen molar-refractivity contribution in [3.05, 3.63) is 95.3 Å². The molecule has 1 N–H and O–H groups in total. The third-order valence-electron chi connectivity index (χ3n) is 5.61. The van der Waals surface area contributed by atoms with Crippen LogP contribution in [0.1, 0.15) is 46.6 Å². The molecule has 1 saturated heterocycles. The lowest BCUT2D eigenvalue weighted by Crippen LogP contribution is -2.31. The van der Waals surface area contributed by atoms with Gasteiger partial charge in [0.1, 0.15) is 29.1 Å². The van der Waals surface area contributed by atoms with Crippen molar-refractivity contribution in [3.8, 4) is 11.3 Å². The van der Waals surface area contributed by atoms with Crippen LogP contribution in [0.15, 0.2) is 65.2 Å². The summed E-state index contributed by atoms with van der Waals surface area (Å²) in [6.07, 6.45) is 3.74. The van der Waals surface area contributed by atoms with Crippen LogP contribution in [0.4, 0.5) is 8.78 Å². The molecule has 5 rings (SSSR count). The van der Waals surface area contributed by atoms with Gasteiger partial charge in [-0.3, -0.25) is 9.89 Å². The molecular weight excluding hydrogens is 414 g/mol. The molecule has 8 heteroatoms. The Morgan fingerprint density at radius 2 is 1.81 bits per heavy atom. The largest absolute Gasteiger partial charge is 0.443 e. The number of aromatic amines is 1. The second-order valence-corrected chi connectivity index (χ2v) is 7.80. The maximum atomic E-state index is 13.2. The first kappa shape index (κ1) is 20.1. The fourth-order valence-corrected chi connectivity index (χ4v) is 3.98. The summed E-state index contributed by atoms with van der Waals surface area (Å²) in [6.45, 7) is 0.587. The number of nitrogens with zero attached hydrogens (tertiary/aromatic N) is 3. The fraction of sp³-hybridized carbons (Fsp3) is 0.208. The number of likely N-dealkylation sites (tertiary alicyclic amines) is 1.